The Morgan fingerprint density at radius 1 is 1.22 bits per heavy atom. The highest BCUT2D eigenvalue weighted by Gasteiger charge is 2.26. The molecule has 1 atom stereocenters. The molecule has 2 heterocycles. The standard InChI is InChI=1S/C22H26N2O3/c25-22(14-19-16-26-12-10-23-19)24-11-4-7-18-13-20(8-9-21(18)24)27-15-17-5-2-1-3-6-17/h1-3,5-6,8-9,13,19,23H,4,7,10-12,14-16H2. The summed E-state index contributed by atoms with van der Waals surface area (Å²) in [6.07, 6.45) is 2.44. The van der Waals surface area contributed by atoms with Crippen LogP contribution in [0.15, 0.2) is 48.5 Å². The second-order valence-corrected chi connectivity index (χ2v) is 7.14. The van der Waals surface area contributed by atoms with Gasteiger partial charge in [0.2, 0.25) is 5.91 Å². The van der Waals surface area contributed by atoms with Crippen molar-refractivity contribution < 1.29 is 14.3 Å². The molecule has 4 rings (SSSR count). The molecule has 5 heteroatoms. The van der Waals surface area contributed by atoms with Crippen LogP contribution in [0.2, 0.25) is 0 Å². The van der Waals surface area contributed by atoms with E-state index in [1.54, 1.807) is 0 Å². The van der Waals surface area contributed by atoms with Gasteiger partial charge in [-0.05, 0) is 42.2 Å². The number of hydrogen-bond acceptors (Lipinski definition) is 4. The Labute approximate surface area is 160 Å². The molecule has 1 amide bonds. The Kier molecular flexibility index (Phi) is 5.70. The number of fused-ring (bicyclic) bond motifs is 1. The molecule has 27 heavy (non-hydrogen) atoms. The van der Waals surface area contributed by atoms with E-state index in [2.05, 4.69) is 23.5 Å². The second kappa shape index (κ2) is 8.55. The third-order valence-electron chi connectivity index (χ3n) is 5.14. The predicted molar refractivity (Wildman–Crippen MR) is 105 cm³/mol. The van der Waals surface area contributed by atoms with E-state index in [0.29, 0.717) is 19.6 Å². The van der Waals surface area contributed by atoms with Crippen LogP contribution in [-0.2, 0) is 22.6 Å². The largest absolute Gasteiger partial charge is 0.489 e. The number of nitrogens with zero attached hydrogens (tertiary/aromatic N) is 1. The molecule has 1 fully saturated rings. The lowest BCUT2D eigenvalue weighted by Gasteiger charge is -2.32. The number of aryl methyl sites for hydroxylation is 1. The fourth-order valence-corrected chi connectivity index (χ4v) is 3.74. The molecule has 0 bridgehead atoms. The van der Waals surface area contributed by atoms with Gasteiger partial charge in [0.1, 0.15) is 12.4 Å². The molecule has 1 unspecified atom stereocenters. The van der Waals surface area contributed by atoms with Crippen LogP contribution in [0, 0.1) is 0 Å². The Bertz CT molecular complexity index is 772. The summed E-state index contributed by atoms with van der Waals surface area (Å²) in [7, 11) is 0. The van der Waals surface area contributed by atoms with Crippen LogP contribution in [-0.4, -0.2) is 38.3 Å². The summed E-state index contributed by atoms with van der Waals surface area (Å²) < 4.78 is 11.4. The zero-order valence-electron chi connectivity index (χ0n) is 15.5. The number of carbonyl (C=O) groups excluding carboxylic acids is 1. The highest BCUT2D eigenvalue weighted by molar-refractivity contribution is 5.95. The summed E-state index contributed by atoms with van der Waals surface area (Å²) in [5.41, 5.74) is 3.36. The van der Waals surface area contributed by atoms with Gasteiger partial charge in [-0.2, -0.15) is 0 Å². The van der Waals surface area contributed by atoms with Crippen molar-refractivity contribution in [1.29, 1.82) is 0 Å². The van der Waals surface area contributed by atoms with Crippen LogP contribution in [0.5, 0.6) is 5.75 Å². The maximum Gasteiger partial charge on any atom is 0.228 e. The molecule has 2 aromatic carbocycles. The Morgan fingerprint density at radius 3 is 2.93 bits per heavy atom. The predicted octanol–water partition coefficient (Wildman–Crippen LogP) is 2.92. The third kappa shape index (κ3) is 4.49. The summed E-state index contributed by atoms with van der Waals surface area (Å²) in [5, 5.41) is 3.36. The van der Waals surface area contributed by atoms with E-state index in [-0.39, 0.29) is 11.9 Å². The first-order chi connectivity index (χ1) is 13.3. The van der Waals surface area contributed by atoms with Crippen LogP contribution in [0.25, 0.3) is 0 Å². The van der Waals surface area contributed by atoms with Gasteiger partial charge in [-0.25, -0.2) is 0 Å². The number of morpholine rings is 1. The van der Waals surface area contributed by atoms with Gasteiger partial charge < -0.3 is 19.7 Å². The number of ether oxygens (including phenoxy) is 2. The first-order valence-electron chi connectivity index (χ1n) is 9.71. The number of rotatable bonds is 5. The number of carbonyl (C=O) groups is 1. The highest BCUT2D eigenvalue weighted by Crippen LogP contribution is 2.31. The quantitative estimate of drug-likeness (QED) is 0.884. The van der Waals surface area contributed by atoms with Gasteiger partial charge in [-0.15, -0.1) is 0 Å². The van der Waals surface area contributed by atoms with Crippen molar-refractivity contribution in [2.45, 2.75) is 31.9 Å². The van der Waals surface area contributed by atoms with Gasteiger partial charge in [0.25, 0.3) is 0 Å². The van der Waals surface area contributed by atoms with E-state index in [0.717, 1.165) is 49.5 Å². The van der Waals surface area contributed by atoms with Crippen LogP contribution < -0.4 is 15.0 Å². The lowest BCUT2D eigenvalue weighted by molar-refractivity contribution is -0.119. The molecular weight excluding hydrogens is 340 g/mol. The van der Waals surface area contributed by atoms with Gasteiger partial charge in [0.15, 0.2) is 0 Å². The van der Waals surface area contributed by atoms with E-state index < -0.39 is 0 Å². The fourth-order valence-electron chi connectivity index (χ4n) is 3.74. The van der Waals surface area contributed by atoms with Crippen molar-refractivity contribution in [3.63, 3.8) is 0 Å². The molecule has 1 saturated heterocycles. The molecule has 0 spiro atoms. The minimum atomic E-state index is 0.116. The lowest BCUT2D eigenvalue weighted by Crippen LogP contribution is -2.46. The smallest absolute Gasteiger partial charge is 0.228 e. The molecule has 0 radical (unpaired) electrons. The number of amides is 1. The minimum Gasteiger partial charge on any atom is -0.489 e. The highest BCUT2D eigenvalue weighted by atomic mass is 16.5. The van der Waals surface area contributed by atoms with Gasteiger partial charge in [0, 0.05) is 31.2 Å². The summed E-state index contributed by atoms with van der Waals surface area (Å²) in [4.78, 5) is 14.8. The first kappa shape index (κ1) is 18.0. The first-order valence-corrected chi connectivity index (χ1v) is 9.71. The number of hydrogen-bond donors (Lipinski definition) is 1. The normalized spacial score (nSPS) is 19.4. The van der Waals surface area contributed by atoms with Gasteiger partial charge in [-0.1, -0.05) is 30.3 Å². The summed E-state index contributed by atoms with van der Waals surface area (Å²) in [6.45, 7) is 3.48. The monoisotopic (exact) mass is 366 g/mol. The van der Waals surface area contributed by atoms with E-state index >= 15 is 0 Å². The number of anilines is 1. The molecule has 5 nitrogen and oxygen atoms in total. The number of nitrogens with one attached hydrogen (secondary N) is 1. The van der Waals surface area contributed by atoms with Crippen LogP contribution in [0.1, 0.15) is 24.0 Å². The molecule has 142 valence electrons. The van der Waals surface area contributed by atoms with Gasteiger partial charge in [0.05, 0.1) is 13.2 Å². The average molecular weight is 366 g/mol. The molecule has 0 saturated carbocycles. The SMILES string of the molecule is O=C(CC1COCCN1)N1CCCc2cc(OCc3ccccc3)ccc21. The fraction of sp³-hybridized carbons (Fsp3) is 0.409. The van der Waals surface area contributed by atoms with Crippen molar-refractivity contribution in [2.24, 2.45) is 0 Å². The van der Waals surface area contributed by atoms with Crippen LogP contribution in [0.3, 0.4) is 0 Å². The Hall–Kier alpha value is -2.37. The van der Waals surface area contributed by atoms with Crippen LogP contribution >= 0.6 is 0 Å². The van der Waals surface area contributed by atoms with Crippen molar-refractivity contribution in [3.05, 3.63) is 59.7 Å². The van der Waals surface area contributed by atoms with E-state index in [9.17, 15) is 4.79 Å². The molecule has 1 N–H and O–H groups in total. The Balaban J connectivity index is 1.42. The van der Waals surface area contributed by atoms with Crippen LogP contribution in [0.4, 0.5) is 5.69 Å². The van der Waals surface area contributed by atoms with E-state index in [1.807, 2.05) is 35.2 Å². The second-order valence-electron chi connectivity index (χ2n) is 7.14. The topological polar surface area (TPSA) is 50.8 Å². The summed E-state index contributed by atoms with van der Waals surface area (Å²) in [5.74, 6) is 1.02. The maximum absolute atomic E-state index is 12.8. The molecule has 0 aliphatic carbocycles. The zero-order chi connectivity index (χ0) is 18.5. The molecule has 2 aromatic rings. The maximum atomic E-state index is 12.8. The summed E-state index contributed by atoms with van der Waals surface area (Å²) in [6, 6.07) is 16.3. The van der Waals surface area contributed by atoms with E-state index in [1.165, 1.54) is 5.56 Å². The minimum absolute atomic E-state index is 0.116. The van der Waals surface area contributed by atoms with Gasteiger partial charge >= 0.3 is 0 Å². The van der Waals surface area contributed by atoms with Crippen molar-refractivity contribution >= 4 is 11.6 Å². The average Bonchev–Trinajstić information content (AvgIpc) is 2.73. The molecular formula is C22H26N2O3. The lowest BCUT2D eigenvalue weighted by atomic mass is 10.0. The van der Waals surface area contributed by atoms with Gasteiger partial charge in [-0.3, -0.25) is 4.79 Å². The molecule has 0 aromatic heterocycles. The third-order valence-corrected chi connectivity index (χ3v) is 5.14. The summed E-state index contributed by atoms with van der Waals surface area (Å²) >= 11 is 0. The number of benzene rings is 2. The van der Waals surface area contributed by atoms with Crippen molar-refractivity contribution in [3.8, 4) is 5.75 Å². The molecule has 2 aliphatic rings. The van der Waals surface area contributed by atoms with Crippen molar-refractivity contribution in [2.75, 3.05) is 31.2 Å². The zero-order valence-corrected chi connectivity index (χ0v) is 15.5. The Morgan fingerprint density at radius 2 is 2.11 bits per heavy atom. The van der Waals surface area contributed by atoms with Crippen molar-refractivity contribution in [1.82, 2.24) is 5.32 Å². The van der Waals surface area contributed by atoms with E-state index in [4.69, 9.17) is 9.47 Å². The molecule has 2 aliphatic heterocycles.